The third-order valence-electron chi connectivity index (χ3n) is 3.05. The number of nitrogens with one attached hydrogen (secondary N) is 1. The molecule has 7 heteroatoms. The minimum atomic E-state index is -1.21. The van der Waals surface area contributed by atoms with E-state index >= 15 is 0 Å². The lowest BCUT2D eigenvalue weighted by molar-refractivity contribution is -0.128. The van der Waals surface area contributed by atoms with E-state index in [1.807, 2.05) is 0 Å². The molecule has 1 heterocycles. The SMILES string of the molecule is CC1(C)NC(=O)CCN(c2c(F)cc(Br)cc2F)C1=O. The van der Waals surface area contributed by atoms with Crippen molar-refractivity contribution in [2.45, 2.75) is 25.8 Å². The Labute approximate surface area is 123 Å². The van der Waals surface area contributed by atoms with Gasteiger partial charge in [0.2, 0.25) is 5.91 Å². The number of amides is 2. The van der Waals surface area contributed by atoms with E-state index in [2.05, 4.69) is 21.2 Å². The second-order valence-corrected chi connectivity index (χ2v) is 6.01. The largest absolute Gasteiger partial charge is 0.342 e. The minimum Gasteiger partial charge on any atom is -0.342 e. The summed E-state index contributed by atoms with van der Waals surface area (Å²) < 4.78 is 28.2. The summed E-state index contributed by atoms with van der Waals surface area (Å²) in [6, 6.07) is 2.16. The molecule has 0 spiro atoms. The molecule has 20 heavy (non-hydrogen) atoms. The molecule has 0 aromatic heterocycles. The van der Waals surface area contributed by atoms with Crippen LogP contribution in [-0.2, 0) is 9.59 Å². The summed E-state index contributed by atoms with van der Waals surface area (Å²) in [5.74, 6) is -2.59. The van der Waals surface area contributed by atoms with Crippen molar-refractivity contribution in [3.8, 4) is 0 Å². The highest BCUT2D eigenvalue weighted by Crippen LogP contribution is 2.30. The standard InChI is InChI=1S/C13H13BrF2N2O2/c1-13(2)12(20)18(4-3-10(19)17-13)11-8(15)5-7(14)6-9(11)16/h5-6H,3-4H2,1-2H3,(H,17,19). The van der Waals surface area contributed by atoms with Gasteiger partial charge in [-0.1, -0.05) is 15.9 Å². The van der Waals surface area contributed by atoms with Gasteiger partial charge in [-0.05, 0) is 26.0 Å². The number of nitrogens with zero attached hydrogens (tertiary/aromatic N) is 1. The average molecular weight is 347 g/mol. The van der Waals surface area contributed by atoms with E-state index in [0.29, 0.717) is 0 Å². The third-order valence-corrected chi connectivity index (χ3v) is 3.50. The van der Waals surface area contributed by atoms with E-state index < -0.39 is 28.8 Å². The Hall–Kier alpha value is -1.50. The highest BCUT2D eigenvalue weighted by molar-refractivity contribution is 9.10. The molecule has 0 unspecified atom stereocenters. The lowest BCUT2D eigenvalue weighted by Crippen LogP contribution is -2.53. The molecule has 1 fully saturated rings. The van der Waals surface area contributed by atoms with Crippen LogP contribution in [0, 0.1) is 11.6 Å². The zero-order chi connectivity index (χ0) is 15.1. The molecule has 1 saturated heterocycles. The van der Waals surface area contributed by atoms with E-state index in [4.69, 9.17) is 0 Å². The predicted octanol–water partition coefficient (Wildman–Crippen LogP) is 2.36. The second-order valence-electron chi connectivity index (χ2n) is 5.10. The van der Waals surface area contributed by atoms with Crippen molar-refractivity contribution in [2.24, 2.45) is 0 Å². The van der Waals surface area contributed by atoms with Crippen LogP contribution in [0.2, 0.25) is 0 Å². The number of carbonyl (C=O) groups is 2. The summed E-state index contributed by atoms with van der Waals surface area (Å²) in [5.41, 5.74) is -1.64. The maximum atomic E-state index is 14.0. The number of hydrogen-bond acceptors (Lipinski definition) is 2. The van der Waals surface area contributed by atoms with Gasteiger partial charge in [0.25, 0.3) is 5.91 Å². The summed E-state index contributed by atoms with van der Waals surface area (Å²) in [5, 5.41) is 2.53. The third kappa shape index (κ3) is 2.67. The second kappa shape index (κ2) is 5.12. The van der Waals surface area contributed by atoms with Crippen molar-refractivity contribution >= 4 is 33.4 Å². The van der Waals surface area contributed by atoms with E-state index in [9.17, 15) is 18.4 Å². The van der Waals surface area contributed by atoms with E-state index in [-0.39, 0.29) is 23.3 Å². The zero-order valence-electron chi connectivity index (χ0n) is 11.0. The van der Waals surface area contributed by atoms with Gasteiger partial charge in [0.05, 0.1) is 0 Å². The highest BCUT2D eigenvalue weighted by Gasteiger charge is 2.39. The fourth-order valence-electron chi connectivity index (χ4n) is 2.12. The number of halogens is 3. The van der Waals surface area contributed by atoms with Crippen LogP contribution in [0.15, 0.2) is 16.6 Å². The summed E-state index contributed by atoms with van der Waals surface area (Å²) in [6.07, 6.45) is -0.00981. The van der Waals surface area contributed by atoms with Crippen LogP contribution in [-0.4, -0.2) is 23.9 Å². The molecule has 0 aliphatic carbocycles. The molecule has 108 valence electrons. The van der Waals surface area contributed by atoms with Gasteiger partial charge in [0.1, 0.15) is 11.2 Å². The first-order chi connectivity index (χ1) is 9.22. The number of hydrogen-bond donors (Lipinski definition) is 1. The monoisotopic (exact) mass is 346 g/mol. The fourth-order valence-corrected chi connectivity index (χ4v) is 2.52. The molecule has 0 radical (unpaired) electrons. The minimum absolute atomic E-state index is 0.00981. The summed E-state index contributed by atoms with van der Waals surface area (Å²) in [6.45, 7) is 2.93. The molecule has 0 atom stereocenters. The molecule has 1 aliphatic rings. The van der Waals surface area contributed by atoms with Gasteiger partial charge < -0.3 is 10.2 Å². The van der Waals surface area contributed by atoms with E-state index in [0.717, 1.165) is 17.0 Å². The quantitative estimate of drug-likeness (QED) is 0.848. The van der Waals surface area contributed by atoms with Crippen LogP contribution >= 0.6 is 15.9 Å². The zero-order valence-corrected chi connectivity index (χ0v) is 12.6. The van der Waals surface area contributed by atoms with Crippen molar-refractivity contribution in [1.82, 2.24) is 5.32 Å². The van der Waals surface area contributed by atoms with Gasteiger partial charge in [0.15, 0.2) is 11.6 Å². The molecule has 0 saturated carbocycles. The fraction of sp³-hybridized carbons (Fsp3) is 0.385. The van der Waals surface area contributed by atoms with Crippen LogP contribution < -0.4 is 10.2 Å². The Bertz CT molecular complexity index is 567. The topological polar surface area (TPSA) is 49.4 Å². The number of benzene rings is 1. The molecule has 1 N–H and O–H groups in total. The van der Waals surface area contributed by atoms with Crippen molar-refractivity contribution < 1.29 is 18.4 Å². The average Bonchev–Trinajstić information content (AvgIpc) is 2.38. The first-order valence-electron chi connectivity index (χ1n) is 6.00. The van der Waals surface area contributed by atoms with Crippen LogP contribution in [0.25, 0.3) is 0 Å². The highest BCUT2D eigenvalue weighted by atomic mass is 79.9. The summed E-state index contributed by atoms with van der Waals surface area (Å²) in [7, 11) is 0. The maximum absolute atomic E-state index is 14.0. The molecule has 4 nitrogen and oxygen atoms in total. The molecule has 1 aromatic rings. The molecular formula is C13H13BrF2N2O2. The Morgan fingerprint density at radius 3 is 2.35 bits per heavy atom. The Balaban J connectivity index is 2.51. The molecule has 1 aliphatic heterocycles. The number of carbonyl (C=O) groups excluding carboxylic acids is 2. The summed E-state index contributed by atoms with van der Waals surface area (Å²) >= 11 is 2.98. The Morgan fingerprint density at radius 2 is 1.80 bits per heavy atom. The molecular weight excluding hydrogens is 334 g/mol. The lowest BCUT2D eigenvalue weighted by atomic mass is 10.0. The first kappa shape index (κ1) is 14.9. The molecule has 0 bridgehead atoms. The lowest BCUT2D eigenvalue weighted by Gasteiger charge is -2.29. The summed E-state index contributed by atoms with van der Waals surface area (Å²) in [4.78, 5) is 24.9. The first-order valence-corrected chi connectivity index (χ1v) is 6.79. The van der Waals surface area contributed by atoms with Crippen molar-refractivity contribution in [2.75, 3.05) is 11.4 Å². The molecule has 2 amide bonds. The van der Waals surface area contributed by atoms with Crippen LogP contribution in [0.5, 0.6) is 0 Å². The smallest absolute Gasteiger partial charge is 0.252 e. The van der Waals surface area contributed by atoms with Crippen molar-refractivity contribution in [3.05, 3.63) is 28.2 Å². The molecule has 1 aromatic carbocycles. The van der Waals surface area contributed by atoms with Gasteiger partial charge in [0, 0.05) is 17.4 Å². The predicted molar refractivity (Wildman–Crippen MR) is 73.2 cm³/mol. The van der Waals surface area contributed by atoms with Gasteiger partial charge in [-0.3, -0.25) is 9.59 Å². The van der Waals surface area contributed by atoms with E-state index in [1.165, 1.54) is 13.8 Å². The maximum Gasteiger partial charge on any atom is 0.252 e. The normalized spacial score (nSPS) is 18.8. The Morgan fingerprint density at radius 1 is 1.25 bits per heavy atom. The van der Waals surface area contributed by atoms with Gasteiger partial charge in [-0.15, -0.1) is 0 Å². The number of rotatable bonds is 1. The molecule has 2 rings (SSSR count). The van der Waals surface area contributed by atoms with Crippen LogP contribution in [0.4, 0.5) is 14.5 Å². The van der Waals surface area contributed by atoms with E-state index in [1.54, 1.807) is 0 Å². The van der Waals surface area contributed by atoms with Crippen LogP contribution in [0.1, 0.15) is 20.3 Å². The van der Waals surface area contributed by atoms with Gasteiger partial charge in [-0.2, -0.15) is 0 Å². The Kier molecular flexibility index (Phi) is 3.82. The number of anilines is 1. The van der Waals surface area contributed by atoms with Gasteiger partial charge in [-0.25, -0.2) is 8.78 Å². The van der Waals surface area contributed by atoms with Crippen molar-refractivity contribution in [1.29, 1.82) is 0 Å². The van der Waals surface area contributed by atoms with Crippen molar-refractivity contribution in [3.63, 3.8) is 0 Å². The van der Waals surface area contributed by atoms with Gasteiger partial charge >= 0.3 is 0 Å². The van der Waals surface area contributed by atoms with Crippen LogP contribution in [0.3, 0.4) is 0 Å².